The number of hydrogen-bond acceptors (Lipinski definition) is 5. The molecule has 1 aromatic heterocycles. The van der Waals surface area contributed by atoms with Crippen LogP contribution in [-0.4, -0.2) is 15.1 Å². The first-order chi connectivity index (χ1) is 10.1. The number of halogens is 1. The van der Waals surface area contributed by atoms with E-state index in [0.717, 1.165) is 0 Å². The third kappa shape index (κ3) is 2.62. The Labute approximate surface area is 118 Å². The maximum absolute atomic E-state index is 12.9. The number of rotatable bonds is 3. The molecular formula is C14H8FN3O3. The monoisotopic (exact) mass is 285 g/mol. The van der Waals surface area contributed by atoms with Crippen LogP contribution in [0.2, 0.25) is 0 Å². The minimum Gasteiger partial charge on any atom is -0.334 e. The molecule has 0 radical (unpaired) electrons. The largest absolute Gasteiger partial charge is 0.334 e. The normalized spacial score (nSPS) is 10.5. The van der Waals surface area contributed by atoms with Gasteiger partial charge < -0.3 is 4.52 Å². The summed E-state index contributed by atoms with van der Waals surface area (Å²) in [5.74, 6) is 0.210. The highest BCUT2D eigenvalue weighted by atomic mass is 19.1. The molecule has 0 aliphatic rings. The Hall–Kier alpha value is -3.09. The second-order valence-electron chi connectivity index (χ2n) is 4.23. The molecule has 0 N–H and O–H groups in total. The maximum atomic E-state index is 12.9. The Balaban J connectivity index is 1.90. The van der Waals surface area contributed by atoms with Crippen LogP contribution in [0.3, 0.4) is 0 Å². The van der Waals surface area contributed by atoms with Crippen molar-refractivity contribution >= 4 is 5.69 Å². The molecule has 0 aliphatic heterocycles. The fourth-order valence-corrected chi connectivity index (χ4v) is 1.78. The molecule has 0 atom stereocenters. The summed E-state index contributed by atoms with van der Waals surface area (Å²) in [4.78, 5) is 14.3. The highest BCUT2D eigenvalue weighted by Crippen LogP contribution is 2.23. The summed E-state index contributed by atoms with van der Waals surface area (Å²) in [7, 11) is 0. The summed E-state index contributed by atoms with van der Waals surface area (Å²) in [5, 5.41) is 14.4. The lowest BCUT2D eigenvalue weighted by Crippen LogP contribution is -1.87. The standard InChI is InChI=1S/C14H8FN3O3/c15-11-5-1-10(2-6-11)14-16-13(17-21-14)9-3-7-12(8-4-9)18(19)20/h1-8H. The first kappa shape index (κ1) is 12.9. The second-order valence-corrected chi connectivity index (χ2v) is 4.23. The van der Waals surface area contributed by atoms with Crippen molar-refractivity contribution in [1.82, 2.24) is 10.1 Å². The van der Waals surface area contributed by atoms with Gasteiger partial charge in [0, 0.05) is 23.3 Å². The van der Waals surface area contributed by atoms with Gasteiger partial charge in [-0.2, -0.15) is 4.98 Å². The van der Waals surface area contributed by atoms with Crippen molar-refractivity contribution in [2.45, 2.75) is 0 Å². The fraction of sp³-hybridized carbons (Fsp3) is 0. The molecule has 0 unspecified atom stereocenters. The molecule has 0 saturated heterocycles. The van der Waals surface area contributed by atoms with E-state index >= 15 is 0 Å². The minimum absolute atomic E-state index is 0.0130. The molecule has 2 aromatic carbocycles. The predicted octanol–water partition coefficient (Wildman–Crippen LogP) is 3.45. The summed E-state index contributed by atoms with van der Waals surface area (Å²) in [5.41, 5.74) is 1.18. The Morgan fingerprint density at radius 2 is 1.62 bits per heavy atom. The summed E-state index contributed by atoms with van der Waals surface area (Å²) in [6.07, 6.45) is 0. The van der Waals surface area contributed by atoms with E-state index in [2.05, 4.69) is 10.1 Å². The van der Waals surface area contributed by atoms with Crippen LogP contribution in [0.25, 0.3) is 22.8 Å². The van der Waals surface area contributed by atoms with Crippen molar-refractivity contribution in [3.8, 4) is 22.8 Å². The van der Waals surface area contributed by atoms with Gasteiger partial charge in [-0.15, -0.1) is 0 Å². The summed E-state index contributed by atoms with van der Waals surface area (Å²) < 4.78 is 18.0. The molecule has 3 aromatic rings. The summed E-state index contributed by atoms with van der Waals surface area (Å²) >= 11 is 0. The third-order valence-electron chi connectivity index (χ3n) is 2.85. The van der Waals surface area contributed by atoms with Crippen LogP contribution < -0.4 is 0 Å². The molecule has 0 aliphatic carbocycles. The highest BCUT2D eigenvalue weighted by Gasteiger charge is 2.12. The smallest absolute Gasteiger partial charge is 0.269 e. The summed E-state index contributed by atoms with van der Waals surface area (Å²) in [6.45, 7) is 0. The average molecular weight is 285 g/mol. The lowest BCUT2D eigenvalue weighted by Gasteiger charge is -1.94. The van der Waals surface area contributed by atoms with Gasteiger partial charge in [0.05, 0.1) is 4.92 Å². The number of nitro benzene ring substituents is 1. The van der Waals surface area contributed by atoms with E-state index < -0.39 is 4.92 Å². The zero-order valence-corrected chi connectivity index (χ0v) is 10.6. The van der Waals surface area contributed by atoms with E-state index in [9.17, 15) is 14.5 Å². The number of non-ortho nitro benzene ring substituents is 1. The maximum Gasteiger partial charge on any atom is 0.269 e. The van der Waals surface area contributed by atoms with E-state index in [-0.39, 0.29) is 17.4 Å². The molecule has 21 heavy (non-hydrogen) atoms. The Kier molecular flexibility index (Phi) is 3.15. The second kappa shape index (κ2) is 5.12. The first-order valence-corrected chi connectivity index (χ1v) is 5.98. The van der Waals surface area contributed by atoms with E-state index in [0.29, 0.717) is 17.0 Å². The molecule has 6 nitrogen and oxygen atoms in total. The van der Waals surface area contributed by atoms with Gasteiger partial charge in [0.1, 0.15) is 5.82 Å². The van der Waals surface area contributed by atoms with Crippen LogP contribution in [-0.2, 0) is 0 Å². The quantitative estimate of drug-likeness (QED) is 0.543. The SMILES string of the molecule is O=[N+]([O-])c1ccc(-c2noc(-c3ccc(F)cc3)n2)cc1. The average Bonchev–Trinajstić information content (AvgIpc) is 2.98. The van der Waals surface area contributed by atoms with E-state index in [1.165, 1.54) is 48.5 Å². The predicted molar refractivity (Wildman–Crippen MR) is 71.8 cm³/mol. The van der Waals surface area contributed by atoms with Gasteiger partial charge in [0.2, 0.25) is 5.82 Å². The Bertz CT molecular complexity index is 782. The van der Waals surface area contributed by atoms with E-state index in [4.69, 9.17) is 4.52 Å². The Morgan fingerprint density at radius 3 is 2.24 bits per heavy atom. The zero-order valence-electron chi connectivity index (χ0n) is 10.6. The van der Waals surface area contributed by atoms with Crippen LogP contribution in [0.5, 0.6) is 0 Å². The Morgan fingerprint density at radius 1 is 1.00 bits per heavy atom. The van der Waals surface area contributed by atoms with Gasteiger partial charge in [-0.1, -0.05) is 5.16 Å². The van der Waals surface area contributed by atoms with Crippen LogP contribution in [0.15, 0.2) is 53.1 Å². The van der Waals surface area contributed by atoms with Crippen LogP contribution in [0, 0.1) is 15.9 Å². The molecule has 0 saturated carbocycles. The molecule has 0 bridgehead atoms. The van der Waals surface area contributed by atoms with Crippen LogP contribution in [0.4, 0.5) is 10.1 Å². The number of nitro groups is 1. The lowest BCUT2D eigenvalue weighted by molar-refractivity contribution is -0.384. The first-order valence-electron chi connectivity index (χ1n) is 5.98. The van der Waals surface area contributed by atoms with Crippen molar-refractivity contribution in [1.29, 1.82) is 0 Å². The summed E-state index contributed by atoms with van der Waals surface area (Å²) in [6, 6.07) is 11.5. The zero-order chi connectivity index (χ0) is 14.8. The third-order valence-corrected chi connectivity index (χ3v) is 2.85. The molecule has 3 rings (SSSR count). The molecular weight excluding hydrogens is 277 g/mol. The van der Waals surface area contributed by atoms with Gasteiger partial charge in [0.15, 0.2) is 0 Å². The van der Waals surface area contributed by atoms with E-state index in [1.54, 1.807) is 0 Å². The van der Waals surface area contributed by atoms with Crippen molar-refractivity contribution in [2.75, 3.05) is 0 Å². The topological polar surface area (TPSA) is 82.1 Å². The molecule has 104 valence electrons. The van der Waals surface area contributed by atoms with Gasteiger partial charge in [-0.05, 0) is 36.4 Å². The van der Waals surface area contributed by atoms with Crippen molar-refractivity contribution in [3.63, 3.8) is 0 Å². The van der Waals surface area contributed by atoms with Gasteiger partial charge in [0.25, 0.3) is 11.6 Å². The van der Waals surface area contributed by atoms with Crippen molar-refractivity contribution < 1.29 is 13.8 Å². The number of benzene rings is 2. The minimum atomic E-state index is -0.482. The molecule has 0 fully saturated rings. The van der Waals surface area contributed by atoms with E-state index in [1.807, 2.05) is 0 Å². The van der Waals surface area contributed by atoms with Crippen LogP contribution >= 0.6 is 0 Å². The number of aromatic nitrogens is 2. The van der Waals surface area contributed by atoms with Crippen LogP contribution in [0.1, 0.15) is 0 Å². The fourth-order valence-electron chi connectivity index (χ4n) is 1.78. The number of nitrogens with zero attached hydrogens (tertiary/aromatic N) is 3. The van der Waals surface area contributed by atoms with Gasteiger partial charge in [-0.25, -0.2) is 4.39 Å². The number of hydrogen-bond donors (Lipinski definition) is 0. The lowest BCUT2D eigenvalue weighted by atomic mass is 10.2. The van der Waals surface area contributed by atoms with Gasteiger partial charge in [-0.3, -0.25) is 10.1 Å². The molecule has 0 spiro atoms. The van der Waals surface area contributed by atoms with Gasteiger partial charge >= 0.3 is 0 Å². The van der Waals surface area contributed by atoms with Crippen molar-refractivity contribution in [3.05, 3.63) is 64.5 Å². The molecule has 7 heteroatoms. The molecule has 0 amide bonds. The van der Waals surface area contributed by atoms with Crippen molar-refractivity contribution in [2.24, 2.45) is 0 Å². The molecule has 1 heterocycles. The highest BCUT2D eigenvalue weighted by molar-refractivity contribution is 5.60.